The molecule has 58 heavy (non-hydrogen) atoms. The molecule has 13 rings (SSSR count). The van der Waals surface area contributed by atoms with Crippen LogP contribution in [0.3, 0.4) is 0 Å². The SMILES string of the molecule is CC1(C)c2ccccc2-c2ccc(-c3nc(-c4ccccc4)nc(-c4ccc5c(c4)oc4ccc(C6(c7ccc(C#N)cc7)C7CC8CC(C7)CC6C8)cc45)n3)cc21. The summed E-state index contributed by atoms with van der Waals surface area (Å²) in [6.07, 6.45) is 6.55. The van der Waals surface area contributed by atoms with E-state index < -0.39 is 0 Å². The number of hydrogen-bond donors (Lipinski definition) is 0. The first-order valence-electron chi connectivity index (χ1n) is 20.9. The molecule has 5 aliphatic rings. The van der Waals surface area contributed by atoms with Gasteiger partial charge in [0.2, 0.25) is 0 Å². The second-order valence-corrected chi connectivity index (χ2v) is 18.0. The van der Waals surface area contributed by atoms with E-state index in [0.717, 1.165) is 56.0 Å². The van der Waals surface area contributed by atoms with Crippen LogP contribution >= 0.6 is 0 Å². The Morgan fingerprint density at radius 3 is 1.88 bits per heavy atom. The third-order valence-corrected chi connectivity index (χ3v) is 14.6. The molecule has 0 N–H and O–H groups in total. The van der Waals surface area contributed by atoms with Crippen LogP contribution in [0.1, 0.15) is 73.8 Å². The first-order valence-corrected chi connectivity index (χ1v) is 20.9. The molecule has 5 nitrogen and oxygen atoms in total. The molecule has 6 aromatic carbocycles. The van der Waals surface area contributed by atoms with E-state index >= 15 is 0 Å². The minimum Gasteiger partial charge on any atom is -0.456 e. The van der Waals surface area contributed by atoms with E-state index in [4.69, 9.17) is 19.4 Å². The fraction of sp³-hybridized carbons (Fsp3) is 0.245. The summed E-state index contributed by atoms with van der Waals surface area (Å²) in [6.45, 7) is 4.61. The summed E-state index contributed by atoms with van der Waals surface area (Å²) < 4.78 is 6.67. The molecule has 4 bridgehead atoms. The van der Waals surface area contributed by atoms with E-state index in [-0.39, 0.29) is 10.8 Å². The number of rotatable bonds is 5. The lowest BCUT2D eigenvalue weighted by Crippen LogP contribution is -2.56. The highest BCUT2D eigenvalue weighted by Crippen LogP contribution is 2.65. The number of hydrogen-bond acceptors (Lipinski definition) is 5. The molecular formula is C53H42N4O. The van der Waals surface area contributed by atoms with E-state index in [9.17, 15) is 5.26 Å². The van der Waals surface area contributed by atoms with Gasteiger partial charge in [0.05, 0.1) is 11.6 Å². The molecule has 5 aliphatic carbocycles. The van der Waals surface area contributed by atoms with Gasteiger partial charge in [0, 0.05) is 38.3 Å². The zero-order valence-corrected chi connectivity index (χ0v) is 32.7. The third-order valence-electron chi connectivity index (χ3n) is 14.6. The summed E-state index contributed by atoms with van der Waals surface area (Å²) >= 11 is 0. The van der Waals surface area contributed by atoms with Crippen molar-refractivity contribution in [1.29, 1.82) is 5.26 Å². The summed E-state index contributed by atoms with van der Waals surface area (Å²) in [5.41, 5.74) is 13.0. The number of benzene rings is 6. The van der Waals surface area contributed by atoms with E-state index in [1.165, 1.54) is 65.5 Å². The van der Waals surface area contributed by atoms with Crippen LogP contribution < -0.4 is 0 Å². The molecule has 0 saturated heterocycles. The van der Waals surface area contributed by atoms with Crippen LogP contribution in [0.15, 0.2) is 138 Å². The summed E-state index contributed by atoms with van der Waals surface area (Å²) in [5, 5.41) is 11.9. The van der Waals surface area contributed by atoms with Crippen molar-refractivity contribution in [2.24, 2.45) is 23.7 Å². The minimum atomic E-state index is -0.135. The van der Waals surface area contributed by atoms with Gasteiger partial charge in [0.25, 0.3) is 0 Å². The molecule has 0 spiro atoms. The van der Waals surface area contributed by atoms with Crippen molar-refractivity contribution < 1.29 is 4.42 Å². The minimum absolute atomic E-state index is 0.0657. The summed E-state index contributed by atoms with van der Waals surface area (Å²) in [6, 6.07) is 49.8. The number of nitrogens with zero attached hydrogens (tertiary/aromatic N) is 4. The average molecular weight is 751 g/mol. The topological polar surface area (TPSA) is 75.6 Å². The molecule has 0 atom stereocenters. The van der Waals surface area contributed by atoms with Crippen LogP contribution in [-0.4, -0.2) is 15.0 Å². The van der Waals surface area contributed by atoms with Gasteiger partial charge in [0.15, 0.2) is 17.5 Å². The van der Waals surface area contributed by atoms with Crippen molar-refractivity contribution in [1.82, 2.24) is 15.0 Å². The van der Waals surface area contributed by atoms with Gasteiger partial charge < -0.3 is 4.42 Å². The van der Waals surface area contributed by atoms with Crippen LogP contribution in [0.2, 0.25) is 0 Å². The Labute approximate surface area is 338 Å². The maximum atomic E-state index is 9.65. The van der Waals surface area contributed by atoms with E-state index in [1.807, 2.05) is 30.3 Å². The Balaban J connectivity index is 0.978. The monoisotopic (exact) mass is 750 g/mol. The van der Waals surface area contributed by atoms with Gasteiger partial charge in [0.1, 0.15) is 11.2 Å². The van der Waals surface area contributed by atoms with E-state index in [2.05, 4.69) is 123 Å². The normalized spacial score (nSPS) is 23.5. The summed E-state index contributed by atoms with van der Waals surface area (Å²) in [5.74, 6) is 4.79. The van der Waals surface area contributed by atoms with Crippen molar-refractivity contribution in [3.05, 3.63) is 161 Å². The molecule has 4 fully saturated rings. The fourth-order valence-corrected chi connectivity index (χ4v) is 12.2. The highest BCUT2D eigenvalue weighted by atomic mass is 16.3. The van der Waals surface area contributed by atoms with Crippen molar-refractivity contribution in [2.75, 3.05) is 0 Å². The lowest BCUT2D eigenvalue weighted by molar-refractivity contribution is -0.0417. The standard InChI is InChI=1S/C53H42N4O/c1-52(2)45-11-7-6-10-41(45)42-19-14-35(27-46(42)52)50-55-49(34-8-4-3-5-9-34)56-51(57-50)36-15-20-43-44-29-38(18-21-47(44)58-48(43)28-36)53(37-16-12-31(30-54)13-17-37)39-23-32-22-33(25-39)26-40(53)24-32/h3-21,27-29,32-33,39-40H,22-26H2,1-2H3. The Bertz CT molecular complexity index is 2980. The zero-order valence-electron chi connectivity index (χ0n) is 32.7. The van der Waals surface area contributed by atoms with Crippen molar-refractivity contribution in [3.63, 3.8) is 0 Å². The zero-order chi connectivity index (χ0) is 38.8. The summed E-state index contributed by atoms with van der Waals surface area (Å²) in [7, 11) is 0. The van der Waals surface area contributed by atoms with Gasteiger partial charge >= 0.3 is 0 Å². The van der Waals surface area contributed by atoms with Gasteiger partial charge in [-0.25, -0.2) is 15.0 Å². The lowest BCUT2D eigenvalue weighted by Gasteiger charge is -2.62. The van der Waals surface area contributed by atoms with E-state index in [0.29, 0.717) is 29.3 Å². The Morgan fingerprint density at radius 2 is 1.16 bits per heavy atom. The predicted octanol–water partition coefficient (Wildman–Crippen LogP) is 12.7. The van der Waals surface area contributed by atoms with Crippen molar-refractivity contribution in [3.8, 4) is 51.4 Å². The molecule has 5 heteroatoms. The number of furan rings is 1. The Morgan fingerprint density at radius 1 is 0.534 bits per heavy atom. The lowest BCUT2D eigenvalue weighted by atomic mass is 9.42. The first kappa shape index (κ1) is 33.7. The van der Waals surface area contributed by atoms with Crippen LogP contribution in [0.4, 0.5) is 0 Å². The van der Waals surface area contributed by atoms with E-state index in [1.54, 1.807) is 0 Å². The van der Waals surface area contributed by atoms with Gasteiger partial charge in [-0.05, 0) is 132 Å². The molecular weight excluding hydrogens is 709 g/mol. The second-order valence-electron chi connectivity index (χ2n) is 18.0. The molecule has 0 aliphatic heterocycles. The quantitative estimate of drug-likeness (QED) is 0.175. The molecule has 4 saturated carbocycles. The fourth-order valence-electron chi connectivity index (χ4n) is 12.2. The molecule has 2 aromatic heterocycles. The van der Waals surface area contributed by atoms with Gasteiger partial charge in [-0.3, -0.25) is 0 Å². The average Bonchev–Trinajstić information content (AvgIpc) is 3.74. The smallest absolute Gasteiger partial charge is 0.164 e. The third kappa shape index (κ3) is 4.84. The summed E-state index contributed by atoms with van der Waals surface area (Å²) in [4.78, 5) is 15.3. The van der Waals surface area contributed by atoms with Crippen LogP contribution in [0.25, 0.3) is 67.2 Å². The molecule has 0 unspecified atom stereocenters. The predicted molar refractivity (Wildman–Crippen MR) is 230 cm³/mol. The van der Waals surface area contributed by atoms with Crippen molar-refractivity contribution in [2.45, 2.75) is 56.8 Å². The van der Waals surface area contributed by atoms with Gasteiger partial charge in [-0.1, -0.05) is 105 Å². The van der Waals surface area contributed by atoms with Gasteiger partial charge in [-0.2, -0.15) is 5.26 Å². The molecule has 0 radical (unpaired) electrons. The van der Waals surface area contributed by atoms with Crippen LogP contribution in [-0.2, 0) is 10.8 Å². The largest absolute Gasteiger partial charge is 0.456 e. The van der Waals surface area contributed by atoms with Gasteiger partial charge in [-0.15, -0.1) is 0 Å². The molecule has 0 amide bonds. The first-order chi connectivity index (χ1) is 28.4. The highest BCUT2D eigenvalue weighted by molar-refractivity contribution is 6.06. The Hall–Kier alpha value is -6.38. The van der Waals surface area contributed by atoms with Crippen LogP contribution in [0.5, 0.6) is 0 Å². The number of aromatic nitrogens is 3. The van der Waals surface area contributed by atoms with Crippen LogP contribution in [0, 0.1) is 35.0 Å². The molecule has 280 valence electrons. The molecule has 2 heterocycles. The van der Waals surface area contributed by atoms with Crippen molar-refractivity contribution >= 4 is 21.9 Å². The molecule has 8 aromatic rings. The Kier molecular flexibility index (Phi) is 7.16. The maximum Gasteiger partial charge on any atom is 0.164 e. The second kappa shape index (κ2) is 12.3. The number of nitriles is 1. The number of fused-ring (bicyclic) bond motifs is 6. The highest BCUT2D eigenvalue weighted by Gasteiger charge is 2.58. The maximum absolute atomic E-state index is 9.65.